The standard InChI is InChI=1S/C7H7F3N2O2S3/c1-15-5-11-12-6(17-5)16-3(2-4(13)14)7(8,9)10/h3H,2H2,1H3,(H,13,14). The maximum absolute atomic E-state index is 12.5. The van der Waals surface area contributed by atoms with Gasteiger partial charge in [-0.3, -0.25) is 4.79 Å². The van der Waals surface area contributed by atoms with Gasteiger partial charge in [0.2, 0.25) is 0 Å². The Balaban J connectivity index is 2.75. The molecule has 0 aliphatic carbocycles. The van der Waals surface area contributed by atoms with Crippen LogP contribution in [-0.4, -0.2) is 39.0 Å². The number of alkyl halides is 3. The minimum atomic E-state index is -4.58. The summed E-state index contributed by atoms with van der Waals surface area (Å²) in [5.74, 6) is -1.49. The van der Waals surface area contributed by atoms with E-state index in [1.54, 1.807) is 6.26 Å². The zero-order chi connectivity index (χ0) is 13.1. The molecule has 0 aliphatic rings. The number of halogens is 3. The van der Waals surface area contributed by atoms with Gasteiger partial charge in [-0.05, 0) is 6.26 Å². The Morgan fingerprint density at radius 3 is 2.47 bits per heavy atom. The van der Waals surface area contributed by atoms with Crippen molar-refractivity contribution in [3.05, 3.63) is 0 Å². The van der Waals surface area contributed by atoms with Crippen molar-refractivity contribution >= 4 is 40.8 Å². The molecule has 0 aromatic carbocycles. The maximum Gasteiger partial charge on any atom is 0.401 e. The normalized spacial score (nSPS) is 13.6. The molecule has 1 N–H and O–H groups in total. The fourth-order valence-corrected chi connectivity index (χ4v) is 3.46. The van der Waals surface area contributed by atoms with Crippen LogP contribution in [0.5, 0.6) is 0 Å². The van der Waals surface area contributed by atoms with Crippen LogP contribution in [0.15, 0.2) is 8.68 Å². The third-order valence-corrected chi connectivity index (χ3v) is 4.76. The van der Waals surface area contributed by atoms with Crippen LogP contribution < -0.4 is 0 Å². The minimum absolute atomic E-state index is 0.123. The highest BCUT2D eigenvalue weighted by Crippen LogP contribution is 2.39. The fourth-order valence-electron chi connectivity index (χ4n) is 0.832. The minimum Gasteiger partial charge on any atom is -0.481 e. The lowest BCUT2D eigenvalue weighted by molar-refractivity contribution is -0.149. The number of hydrogen-bond donors (Lipinski definition) is 1. The third-order valence-electron chi connectivity index (χ3n) is 1.53. The molecule has 1 aromatic rings. The van der Waals surface area contributed by atoms with Crippen LogP contribution in [0, 0.1) is 0 Å². The molecule has 0 bridgehead atoms. The van der Waals surface area contributed by atoms with E-state index in [1.165, 1.54) is 11.8 Å². The highest BCUT2D eigenvalue weighted by Gasteiger charge is 2.42. The van der Waals surface area contributed by atoms with E-state index in [4.69, 9.17) is 5.11 Å². The van der Waals surface area contributed by atoms with Gasteiger partial charge in [0.1, 0.15) is 5.25 Å². The van der Waals surface area contributed by atoms with Gasteiger partial charge in [-0.15, -0.1) is 10.2 Å². The SMILES string of the molecule is CSc1nnc(SC(CC(=O)O)C(F)(F)F)s1. The first-order valence-corrected chi connectivity index (χ1v) is 7.07. The molecule has 0 aliphatic heterocycles. The second-order valence-electron chi connectivity index (χ2n) is 2.78. The van der Waals surface area contributed by atoms with Crippen LogP contribution >= 0.6 is 34.9 Å². The van der Waals surface area contributed by atoms with Gasteiger partial charge >= 0.3 is 12.1 Å². The quantitative estimate of drug-likeness (QED) is 0.844. The lowest BCUT2D eigenvalue weighted by Gasteiger charge is -2.15. The summed E-state index contributed by atoms with van der Waals surface area (Å²) in [6.45, 7) is 0. The van der Waals surface area contributed by atoms with Crippen molar-refractivity contribution in [1.82, 2.24) is 10.2 Å². The number of carboxylic acids is 1. The number of carbonyl (C=O) groups is 1. The lowest BCUT2D eigenvalue weighted by atomic mass is 10.3. The van der Waals surface area contributed by atoms with Crippen molar-refractivity contribution in [2.75, 3.05) is 6.26 Å². The van der Waals surface area contributed by atoms with Crippen LogP contribution in [0.1, 0.15) is 6.42 Å². The molecular weight excluding hydrogens is 297 g/mol. The van der Waals surface area contributed by atoms with Gasteiger partial charge in [-0.25, -0.2) is 0 Å². The predicted molar refractivity (Wildman–Crippen MR) is 59.6 cm³/mol. The topological polar surface area (TPSA) is 63.1 Å². The molecule has 1 heterocycles. The molecule has 96 valence electrons. The Hall–Kier alpha value is -0.480. The van der Waals surface area contributed by atoms with E-state index in [2.05, 4.69) is 10.2 Å². The van der Waals surface area contributed by atoms with Crippen LogP contribution in [-0.2, 0) is 4.79 Å². The Labute approximate surface area is 107 Å². The van der Waals surface area contributed by atoms with Gasteiger partial charge in [0.05, 0.1) is 6.42 Å². The van der Waals surface area contributed by atoms with Gasteiger partial charge in [-0.2, -0.15) is 13.2 Å². The van der Waals surface area contributed by atoms with Crippen molar-refractivity contribution < 1.29 is 23.1 Å². The maximum atomic E-state index is 12.5. The van der Waals surface area contributed by atoms with E-state index >= 15 is 0 Å². The molecule has 4 nitrogen and oxygen atoms in total. The summed E-state index contributed by atoms with van der Waals surface area (Å²) < 4.78 is 38.2. The molecule has 0 amide bonds. The van der Waals surface area contributed by atoms with E-state index in [0.29, 0.717) is 16.1 Å². The average molecular weight is 304 g/mol. The highest BCUT2D eigenvalue weighted by molar-refractivity contribution is 8.03. The molecule has 0 saturated heterocycles. The van der Waals surface area contributed by atoms with Crippen molar-refractivity contribution in [2.45, 2.75) is 26.5 Å². The summed E-state index contributed by atoms with van der Waals surface area (Å²) in [4.78, 5) is 10.4. The number of nitrogens with zero attached hydrogens (tertiary/aromatic N) is 2. The fraction of sp³-hybridized carbons (Fsp3) is 0.571. The molecule has 17 heavy (non-hydrogen) atoms. The second kappa shape index (κ2) is 5.91. The Kier molecular flexibility index (Phi) is 5.07. The molecule has 10 heteroatoms. The average Bonchev–Trinajstić information content (AvgIpc) is 2.62. The first-order valence-electron chi connectivity index (χ1n) is 4.15. The van der Waals surface area contributed by atoms with Crippen molar-refractivity contribution in [3.63, 3.8) is 0 Å². The summed E-state index contributed by atoms with van der Waals surface area (Å²) in [7, 11) is 0. The van der Waals surface area contributed by atoms with E-state index in [1.807, 2.05) is 0 Å². The third kappa shape index (κ3) is 4.72. The summed E-state index contributed by atoms with van der Waals surface area (Å²) in [5, 5.41) is 13.6. The molecule has 1 atom stereocenters. The number of rotatable bonds is 5. The smallest absolute Gasteiger partial charge is 0.401 e. The molecule has 0 radical (unpaired) electrons. The summed E-state index contributed by atoms with van der Waals surface area (Å²) >= 11 is 2.67. The largest absolute Gasteiger partial charge is 0.481 e. The molecule has 1 rings (SSSR count). The van der Waals surface area contributed by atoms with E-state index in [0.717, 1.165) is 11.3 Å². The van der Waals surface area contributed by atoms with Crippen molar-refractivity contribution in [2.24, 2.45) is 0 Å². The molecule has 0 fully saturated rings. The van der Waals surface area contributed by atoms with E-state index in [-0.39, 0.29) is 4.34 Å². The zero-order valence-electron chi connectivity index (χ0n) is 8.39. The Bertz CT molecular complexity index is 396. The first-order chi connectivity index (χ1) is 7.82. The molecular formula is C7H7F3N2O2S3. The van der Waals surface area contributed by atoms with Crippen LogP contribution in [0.3, 0.4) is 0 Å². The first kappa shape index (κ1) is 14.6. The van der Waals surface area contributed by atoms with E-state index < -0.39 is 23.8 Å². The second-order valence-corrected chi connectivity index (χ2v) is 6.26. The van der Waals surface area contributed by atoms with Crippen LogP contribution in [0.4, 0.5) is 13.2 Å². The Morgan fingerprint density at radius 2 is 2.06 bits per heavy atom. The van der Waals surface area contributed by atoms with Gasteiger partial charge < -0.3 is 5.11 Å². The predicted octanol–water partition coefficient (Wildman–Crippen LogP) is 2.76. The number of aromatic nitrogens is 2. The van der Waals surface area contributed by atoms with Crippen molar-refractivity contribution in [3.8, 4) is 0 Å². The number of carboxylic acid groups (broad SMARTS) is 1. The van der Waals surface area contributed by atoms with Crippen LogP contribution in [0.25, 0.3) is 0 Å². The van der Waals surface area contributed by atoms with Crippen LogP contribution in [0.2, 0.25) is 0 Å². The molecule has 0 spiro atoms. The summed E-state index contributed by atoms with van der Waals surface area (Å²) in [6.07, 6.45) is -3.83. The monoisotopic (exact) mass is 304 g/mol. The van der Waals surface area contributed by atoms with Gasteiger partial charge in [-0.1, -0.05) is 34.9 Å². The van der Waals surface area contributed by atoms with Gasteiger partial charge in [0, 0.05) is 0 Å². The zero-order valence-corrected chi connectivity index (χ0v) is 10.8. The lowest BCUT2D eigenvalue weighted by Crippen LogP contribution is -2.28. The summed E-state index contributed by atoms with van der Waals surface area (Å²) in [6, 6.07) is 0. The van der Waals surface area contributed by atoms with E-state index in [9.17, 15) is 18.0 Å². The Morgan fingerprint density at radius 1 is 1.47 bits per heavy atom. The highest BCUT2D eigenvalue weighted by atomic mass is 32.2. The van der Waals surface area contributed by atoms with Crippen molar-refractivity contribution in [1.29, 1.82) is 0 Å². The molecule has 1 aromatic heterocycles. The number of thioether (sulfide) groups is 2. The number of aliphatic carboxylic acids is 1. The van der Waals surface area contributed by atoms with Gasteiger partial charge in [0.25, 0.3) is 0 Å². The molecule has 0 saturated carbocycles. The molecule has 1 unspecified atom stereocenters. The van der Waals surface area contributed by atoms with Gasteiger partial charge in [0.15, 0.2) is 8.68 Å². The summed E-state index contributed by atoms with van der Waals surface area (Å²) in [5.41, 5.74) is 0. The number of hydrogen-bond acceptors (Lipinski definition) is 6.